The maximum atomic E-state index is 9.22. The van der Waals surface area contributed by atoms with Gasteiger partial charge in [0.25, 0.3) is 0 Å². The van der Waals surface area contributed by atoms with E-state index in [0.717, 1.165) is 18.7 Å². The monoisotopic (exact) mass is 182 g/mol. The lowest BCUT2D eigenvalue weighted by atomic mass is 9.79. The van der Waals surface area contributed by atoms with Crippen LogP contribution < -0.4 is 0 Å². The van der Waals surface area contributed by atoms with Crippen molar-refractivity contribution in [3.8, 4) is 5.88 Å². The Labute approximate surface area is 77.2 Å². The van der Waals surface area contributed by atoms with Gasteiger partial charge >= 0.3 is 0 Å². The molecule has 0 bridgehead atoms. The number of aromatic hydroxyl groups is 1. The highest BCUT2D eigenvalue weighted by Crippen LogP contribution is 2.43. The minimum atomic E-state index is -0.240. The largest absolute Gasteiger partial charge is 0.492 e. The maximum absolute atomic E-state index is 9.22. The van der Waals surface area contributed by atoms with Gasteiger partial charge in [0.05, 0.1) is 6.20 Å². The SMILES string of the molecule is COC1(c2nc(O)cn2C)CCC1. The van der Waals surface area contributed by atoms with Crippen molar-refractivity contribution < 1.29 is 9.84 Å². The molecular formula is C9H14N2O2. The van der Waals surface area contributed by atoms with Crippen LogP contribution in [0.1, 0.15) is 25.1 Å². The van der Waals surface area contributed by atoms with Gasteiger partial charge in [-0.2, -0.15) is 4.98 Å². The first-order valence-corrected chi connectivity index (χ1v) is 4.46. The molecule has 0 aliphatic heterocycles. The van der Waals surface area contributed by atoms with Crippen molar-refractivity contribution >= 4 is 0 Å². The molecule has 4 nitrogen and oxygen atoms in total. The number of aryl methyl sites for hydroxylation is 1. The Balaban J connectivity index is 2.37. The summed E-state index contributed by atoms with van der Waals surface area (Å²) in [6.45, 7) is 0. The summed E-state index contributed by atoms with van der Waals surface area (Å²) in [6.07, 6.45) is 4.76. The summed E-state index contributed by atoms with van der Waals surface area (Å²) in [5.74, 6) is 0.902. The Bertz CT molecular complexity index is 310. The summed E-state index contributed by atoms with van der Waals surface area (Å²) in [6, 6.07) is 0. The second-order valence-corrected chi connectivity index (χ2v) is 3.59. The van der Waals surface area contributed by atoms with Gasteiger partial charge in [-0.25, -0.2) is 0 Å². The Morgan fingerprint density at radius 3 is 2.62 bits per heavy atom. The molecule has 1 aliphatic rings. The highest BCUT2D eigenvalue weighted by molar-refractivity contribution is 5.16. The van der Waals surface area contributed by atoms with Gasteiger partial charge in [-0.05, 0) is 19.3 Å². The number of ether oxygens (including phenoxy) is 1. The molecule has 1 aliphatic carbocycles. The molecule has 1 aromatic rings. The summed E-state index contributed by atoms with van der Waals surface area (Å²) in [5, 5.41) is 9.22. The lowest BCUT2D eigenvalue weighted by Gasteiger charge is -2.39. The first kappa shape index (κ1) is 8.56. The Hall–Kier alpha value is -1.03. The number of rotatable bonds is 2. The normalized spacial score (nSPS) is 19.8. The molecule has 0 atom stereocenters. The van der Waals surface area contributed by atoms with E-state index in [2.05, 4.69) is 4.98 Å². The van der Waals surface area contributed by atoms with E-state index in [0.29, 0.717) is 0 Å². The standard InChI is InChI=1S/C9H14N2O2/c1-11-6-7(12)10-8(11)9(13-2)4-3-5-9/h6,12H,3-5H2,1-2H3. The smallest absolute Gasteiger partial charge is 0.229 e. The first-order valence-electron chi connectivity index (χ1n) is 4.46. The van der Waals surface area contributed by atoms with Crippen LogP contribution in [0.15, 0.2) is 6.20 Å². The van der Waals surface area contributed by atoms with E-state index in [-0.39, 0.29) is 11.5 Å². The van der Waals surface area contributed by atoms with Gasteiger partial charge in [-0.3, -0.25) is 0 Å². The van der Waals surface area contributed by atoms with Crippen molar-refractivity contribution in [3.63, 3.8) is 0 Å². The molecule has 4 heteroatoms. The summed E-state index contributed by atoms with van der Waals surface area (Å²) in [5.41, 5.74) is -0.240. The molecule has 13 heavy (non-hydrogen) atoms. The lowest BCUT2D eigenvalue weighted by Crippen LogP contribution is -2.38. The minimum absolute atomic E-state index is 0.0702. The van der Waals surface area contributed by atoms with Crippen molar-refractivity contribution in [2.45, 2.75) is 24.9 Å². The third-order valence-electron chi connectivity index (χ3n) is 2.82. The molecule has 1 saturated carbocycles. The predicted molar refractivity (Wildman–Crippen MR) is 47.4 cm³/mol. The zero-order valence-electron chi connectivity index (χ0n) is 7.95. The molecular weight excluding hydrogens is 168 g/mol. The molecule has 0 saturated heterocycles. The molecule has 1 N–H and O–H groups in total. The molecule has 0 unspecified atom stereocenters. The van der Waals surface area contributed by atoms with Crippen LogP contribution in [0, 0.1) is 0 Å². The quantitative estimate of drug-likeness (QED) is 0.746. The fraction of sp³-hybridized carbons (Fsp3) is 0.667. The molecule has 0 spiro atoms. The Morgan fingerprint density at radius 1 is 1.62 bits per heavy atom. The van der Waals surface area contributed by atoms with Crippen molar-refractivity contribution in [2.24, 2.45) is 7.05 Å². The minimum Gasteiger partial charge on any atom is -0.492 e. The number of nitrogens with zero attached hydrogens (tertiary/aromatic N) is 2. The van der Waals surface area contributed by atoms with Crippen LogP contribution in [-0.4, -0.2) is 21.8 Å². The van der Waals surface area contributed by atoms with E-state index in [1.165, 1.54) is 6.42 Å². The zero-order chi connectivity index (χ0) is 9.47. The molecule has 0 radical (unpaired) electrons. The zero-order valence-corrected chi connectivity index (χ0v) is 7.95. The number of imidazole rings is 1. The molecule has 2 rings (SSSR count). The second-order valence-electron chi connectivity index (χ2n) is 3.59. The van der Waals surface area contributed by atoms with Crippen molar-refractivity contribution in [3.05, 3.63) is 12.0 Å². The van der Waals surface area contributed by atoms with Crippen molar-refractivity contribution in [1.82, 2.24) is 9.55 Å². The van der Waals surface area contributed by atoms with E-state index < -0.39 is 0 Å². The van der Waals surface area contributed by atoms with Gasteiger partial charge in [-0.15, -0.1) is 0 Å². The summed E-state index contributed by atoms with van der Waals surface area (Å²) in [7, 11) is 3.58. The second kappa shape index (κ2) is 2.73. The van der Waals surface area contributed by atoms with Crippen molar-refractivity contribution in [1.29, 1.82) is 0 Å². The van der Waals surface area contributed by atoms with Crippen LogP contribution in [-0.2, 0) is 17.4 Å². The highest BCUT2D eigenvalue weighted by Gasteiger charge is 2.42. The third-order valence-corrected chi connectivity index (χ3v) is 2.82. The molecule has 1 heterocycles. The van der Waals surface area contributed by atoms with Gasteiger partial charge < -0.3 is 14.4 Å². The Morgan fingerprint density at radius 2 is 2.31 bits per heavy atom. The van der Waals surface area contributed by atoms with Crippen LogP contribution in [0.5, 0.6) is 5.88 Å². The molecule has 0 aromatic carbocycles. The summed E-state index contributed by atoms with van der Waals surface area (Å²) < 4.78 is 7.29. The van der Waals surface area contributed by atoms with Crippen molar-refractivity contribution in [2.75, 3.05) is 7.11 Å². The molecule has 1 fully saturated rings. The average Bonchev–Trinajstić information content (AvgIpc) is 2.30. The molecule has 72 valence electrons. The van der Waals surface area contributed by atoms with Gasteiger partial charge in [0.2, 0.25) is 5.88 Å². The maximum Gasteiger partial charge on any atom is 0.229 e. The van der Waals surface area contributed by atoms with Gasteiger partial charge in [0.1, 0.15) is 11.4 Å². The van der Waals surface area contributed by atoms with Gasteiger partial charge in [0.15, 0.2) is 0 Å². The predicted octanol–water partition coefficient (Wildman–Crippen LogP) is 1.15. The topological polar surface area (TPSA) is 47.3 Å². The number of hydrogen-bond donors (Lipinski definition) is 1. The third kappa shape index (κ3) is 1.13. The first-order chi connectivity index (χ1) is 6.18. The molecule has 1 aromatic heterocycles. The average molecular weight is 182 g/mol. The Kier molecular flexibility index (Phi) is 1.80. The van der Waals surface area contributed by atoms with Crippen LogP contribution in [0.3, 0.4) is 0 Å². The number of aromatic nitrogens is 2. The fourth-order valence-electron chi connectivity index (χ4n) is 1.89. The van der Waals surface area contributed by atoms with E-state index >= 15 is 0 Å². The van der Waals surface area contributed by atoms with E-state index in [9.17, 15) is 5.11 Å². The number of methoxy groups -OCH3 is 1. The fourth-order valence-corrected chi connectivity index (χ4v) is 1.89. The molecule has 0 amide bonds. The van der Waals surface area contributed by atoms with Crippen LogP contribution >= 0.6 is 0 Å². The van der Waals surface area contributed by atoms with Gasteiger partial charge in [0, 0.05) is 14.2 Å². The van der Waals surface area contributed by atoms with E-state index in [4.69, 9.17) is 4.74 Å². The number of hydrogen-bond acceptors (Lipinski definition) is 3. The summed E-state index contributed by atoms with van der Waals surface area (Å²) in [4.78, 5) is 4.07. The van der Waals surface area contributed by atoms with E-state index in [1.807, 2.05) is 11.6 Å². The van der Waals surface area contributed by atoms with E-state index in [1.54, 1.807) is 13.3 Å². The lowest BCUT2D eigenvalue weighted by molar-refractivity contribution is -0.0865. The highest BCUT2D eigenvalue weighted by atomic mass is 16.5. The van der Waals surface area contributed by atoms with Crippen LogP contribution in [0.2, 0.25) is 0 Å². The van der Waals surface area contributed by atoms with Gasteiger partial charge in [-0.1, -0.05) is 0 Å². The van der Waals surface area contributed by atoms with Crippen LogP contribution in [0.4, 0.5) is 0 Å². The van der Waals surface area contributed by atoms with Crippen LogP contribution in [0.25, 0.3) is 0 Å². The summed E-state index contributed by atoms with van der Waals surface area (Å²) >= 11 is 0.